The van der Waals surface area contributed by atoms with Crippen LogP contribution in [-0.2, 0) is 10.9 Å². The number of ether oxygens (including phenoxy) is 1. The zero-order valence-electron chi connectivity index (χ0n) is 14.4. The highest BCUT2D eigenvalue weighted by atomic mass is 19.4. The van der Waals surface area contributed by atoms with Crippen LogP contribution in [0.5, 0.6) is 0 Å². The number of likely N-dealkylation sites (tertiary alicyclic amines) is 1. The van der Waals surface area contributed by atoms with E-state index in [0.29, 0.717) is 29.8 Å². The molecule has 3 rings (SSSR count). The van der Waals surface area contributed by atoms with Gasteiger partial charge in [0.15, 0.2) is 0 Å². The molecule has 0 N–H and O–H groups in total. The first-order valence-corrected chi connectivity index (χ1v) is 8.49. The Bertz CT molecular complexity index is 763. The van der Waals surface area contributed by atoms with Crippen molar-refractivity contribution in [1.29, 1.82) is 0 Å². The summed E-state index contributed by atoms with van der Waals surface area (Å²) >= 11 is 0. The van der Waals surface area contributed by atoms with E-state index in [4.69, 9.17) is 4.74 Å². The van der Waals surface area contributed by atoms with Gasteiger partial charge in [0.2, 0.25) is 0 Å². The van der Waals surface area contributed by atoms with E-state index in [1.165, 1.54) is 12.1 Å². The molecule has 1 saturated heterocycles. The lowest BCUT2D eigenvalue weighted by Crippen LogP contribution is -2.40. The van der Waals surface area contributed by atoms with Gasteiger partial charge in [0.25, 0.3) is 5.91 Å². The van der Waals surface area contributed by atoms with Crippen LogP contribution in [0.1, 0.15) is 28.8 Å². The summed E-state index contributed by atoms with van der Waals surface area (Å²) in [5.74, 6) is -0.102. The highest BCUT2D eigenvalue weighted by molar-refractivity contribution is 6.01. The van der Waals surface area contributed by atoms with Gasteiger partial charge in [-0.1, -0.05) is 30.3 Å². The molecule has 0 saturated carbocycles. The maximum Gasteiger partial charge on any atom is 0.416 e. The van der Waals surface area contributed by atoms with Crippen LogP contribution in [0.3, 0.4) is 0 Å². The monoisotopic (exact) mass is 363 g/mol. The van der Waals surface area contributed by atoms with Crippen molar-refractivity contribution in [2.75, 3.05) is 20.2 Å². The molecule has 6 heteroatoms. The predicted molar refractivity (Wildman–Crippen MR) is 92.8 cm³/mol. The molecular formula is C20H20F3NO2. The molecule has 0 radical (unpaired) electrons. The Kier molecular flexibility index (Phi) is 5.32. The average Bonchev–Trinajstić information content (AvgIpc) is 2.67. The molecule has 0 spiro atoms. The Morgan fingerprint density at radius 1 is 1.04 bits per heavy atom. The lowest BCUT2D eigenvalue weighted by Gasteiger charge is -2.31. The number of benzene rings is 2. The van der Waals surface area contributed by atoms with Crippen molar-refractivity contribution in [3.8, 4) is 11.1 Å². The SMILES string of the molecule is COC1CCN(C(=O)c2ccccc2-c2ccc(C(F)(F)F)cc2)CC1. The van der Waals surface area contributed by atoms with Crippen molar-refractivity contribution < 1.29 is 22.7 Å². The first-order valence-electron chi connectivity index (χ1n) is 8.49. The van der Waals surface area contributed by atoms with E-state index in [1.807, 2.05) is 0 Å². The number of halogens is 3. The summed E-state index contributed by atoms with van der Waals surface area (Å²) in [5.41, 5.74) is 1.03. The Morgan fingerprint density at radius 3 is 2.23 bits per heavy atom. The van der Waals surface area contributed by atoms with E-state index in [2.05, 4.69) is 0 Å². The van der Waals surface area contributed by atoms with E-state index in [1.54, 1.807) is 36.3 Å². The fourth-order valence-electron chi connectivity index (χ4n) is 3.23. The van der Waals surface area contributed by atoms with E-state index in [0.717, 1.165) is 25.0 Å². The van der Waals surface area contributed by atoms with Gasteiger partial charge in [0, 0.05) is 25.8 Å². The first kappa shape index (κ1) is 18.5. The van der Waals surface area contributed by atoms with Crippen molar-refractivity contribution in [2.45, 2.75) is 25.1 Å². The normalized spacial score (nSPS) is 15.9. The van der Waals surface area contributed by atoms with Gasteiger partial charge in [-0.05, 0) is 42.2 Å². The lowest BCUT2D eigenvalue weighted by atomic mass is 9.97. The molecular weight excluding hydrogens is 343 g/mol. The number of nitrogens with zero attached hydrogens (tertiary/aromatic N) is 1. The Morgan fingerprint density at radius 2 is 1.65 bits per heavy atom. The van der Waals surface area contributed by atoms with Gasteiger partial charge < -0.3 is 9.64 Å². The summed E-state index contributed by atoms with van der Waals surface area (Å²) in [6.07, 6.45) is -2.64. The molecule has 138 valence electrons. The van der Waals surface area contributed by atoms with Crippen molar-refractivity contribution in [3.05, 3.63) is 59.7 Å². The molecule has 0 unspecified atom stereocenters. The predicted octanol–water partition coefficient (Wildman–Crippen LogP) is 4.62. The number of piperidine rings is 1. The van der Waals surface area contributed by atoms with Gasteiger partial charge in [-0.3, -0.25) is 4.79 Å². The van der Waals surface area contributed by atoms with E-state index >= 15 is 0 Å². The fraction of sp³-hybridized carbons (Fsp3) is 0.350. The van der Waals surface area contributed by atoms with Gasteiger partial charge in [-0.25, -0.2) is 0 Å². The third-order valence-corrected chi connectivity index (χ3v) is 4.74. The molecule has 1 fully saturated rings. The standard InChI is InChI=1S/C20H20F3NO2/c1-26-16-10-12-24(13-11-16)19(25)18-5-3-2-4-17(18)14-6-8-15(9-7-14)20(21,22)23/h2-9,16H,10-13H2,1H3. The fourth-order valence-corrected chi connectivity index (χ4v) is 3.23. The van der Waals surface area contributed by atoms with E-state index in [9.17, 15) is 18.0 Å². The largest absolute Gasteiger partial charge is 0.416 e. The van der Waals surface area contributed by atoms with Gasteiger partial charge in [0.05, 0.1) is 11.7 Å². The third-order valence-electron chi connectivity index (χ3n) is 4.74. The summed E-state index contributed by atoms with van der Waals surface area (Å²) in [5, 5.41) is 0. The van der Waals surface area contributed by atoms with Crippen LogP contribution < -0.4 is 0 Å². The highest BCUT2D eigenvalue weighted by Crippen LogP contribution is 2.32. The summed E-state index contributed by atoms with van der Waals surface area (Å²) in [6, 6.07) is 11.9. The van der Waals surface area contributed by atoms with Crippen LogP contribution in [0, 0.1) is 0 Å². The molecule has 0 bridgehead atoms. The number of methoxy groups -OCH3 is 1. The molecule has 1 aliphatic heterocycles. The van der Waals surface area contributed by atoms with Gasteiger partial charge in [-0.15, -0.1) is 0 Å². The minimum absolute atomic E-state index is 0.102. The third kappa shape index (κ3) is 3.90. The Hall–Kier alpha value is -2.34. The maximum atomic E-state index is 12.9. The second-order valence-electron chi connectivity index (χ2n) is 6.35. The van der Waals surface area contributed by atoms with Crippen LogP contribution in [0.25, 0.3) is 11.1 Å². The molecule has 0 aromatic heterocycles. The van der Waals surface area contributed by atoms with Gasteiger partial charge in [0.1, 0.15) is 0 Å². The molecule has 1 amide bonds. The van der Waals surface area contributed by atoms with Crippen LogP contribution in [0.15, 0.2) is 48.5 Å². The lowest BCUT2D eigenvalue weighted by molar-refractivity contribution is -0.137. The molecule has 1 heterocycles. The van der Waals surface area contributed by atoms with Crippen LogP contribution in [0.4, 0.5) is 13.2 Å². The number of alkyl halides is 3. The second-order valence-corrected chi connectivity index (χ2v) is 6.35. The van der Waals surface area contributed by atoms with E-state index < -0.39 is 11.7 Å². The van der Waals surface area contributed by atoms with E-state index in [-0.39, 0.29) is 12.0 Å². The van der Waals surface area contributed by atoms with Crippen molar-refractivity contribution >= 4 is 5.91 Å². The molecule has 0 aliphatic carbocycles. The van der Waals surface area contributed by atoms with Crippen molar-refractivity contribution in [1.82, 2.24) is 4.90 Å². The average molecular weight is 363 g/mol. The summed E-state index contributed by atoms with van der Waals surface area (Å²) in [4.78, 5) is 14.7. The first-order chi connectivity index (χ1) is 12.4. The topological polar surface area (TPSA) is 29.5 Å². The minimum atomic E-state index is -4.38. The van der Waals surface area contributed by atoms with Crippen LogP contribution in [0.2, 0.25) is 0 Å². The summed E-state index contributed by atoms with van der Waals surface area (Å²) < 4.78 is 43.6. The van der Waals surface area contributed by atoms with Gasteiger partial charge in [-0.2, -0.15) is 13.2 Å². The molecule has 1 aliphatic rings. The zero-order chi connectivity index (χ0) is 18.7. The number of carbonyl (C=O) groups excluding carboxylic acids is 1. The number of carbonyl (C=O) groups is 1. The zero-order valence-corrected chi connectivity index (χ0v) is 14.4. The number of hydrogen-bond donors (Lipinski definition) is 0. The number of hydrogen-bond acceptors (Lipinski definition) is 2. The molecule has 3 nitrogen and oxygen atoms in total. The quantitative estimate of drug-likeness (QED) is 0.796. The molecule has 2 aromatic rings. The highest BCUT2D eigenvalue weighted by Gasteiger charge is 2.30. The second kappa shape index (κ2) is 7.50. The van der Waals surface area contributed by atoms with Gasteiger partial charge >= 0.3 is 6.18 Å². The van der Waals surface area contributed by atoms with Crippen molar-refractivity contribution in [3.63, 3.8) is 0 Å². The van der Waals surface area contributed by atoms with Crippen LogP contribution >= 0.6 is 0 Å². The summed E-state index contributed by atoms with van der Waals surface area (Å²) in [6.45, 7) is 1.22. The van der Waals surface area contributed by atoms with Crippen LogP contribution in [-0.4, -0.2) is 37.1 Å². The Balaban J connectivity index is 1.85. The molecule has 0 atom stereocenters. The number of rotatable bonds is 3. The van der Waals surface area contributed by atoms with Crippen molar-refractivity contribution in [2.24, 2.45) is 0 Å². The Labute approximate surface area is 150 Å². The number of amides is 1. The molecule has 26 heavy (non-hydrogen) atoms. The minimum Gasteiger partial charge on any atom is -0.381 e. The maximum absolute atomic E-state index is 12.9. The smallest absolute Gasteiger partial charge is 0.381 e. The summed E-state index contributed by atoms with van der Waals surface area (Å²) in [7, 11) is 1.67. The molecule has 2 aromatic carbocycles.